The smallest absolute Gasteiger partial charge is 0.292 e. The third kappa shape index (κ3) is 6.14. The molecule has 0 aliphatic rings. The zero-order valence-electron chi connectivity index (χ0n) is 28.3. The summed E-state index contributed by atoms with van der Waals surface area (Å²) in [7, 11) is 0. The second-order valence-electron chi connectivity index (χ2n) is 12.0. The molecule has 0 fully saturated rings. The van der Waals surface area contributed by atoms with Gasteiger partial charge in [0.05, 0.1) is 0 Å². The number of nitrogens with zero attached hydrogens (tertiary/aromatic N) is 10. The number of rotatable bonds is 6. The molecule has 10 nitrogen and oxygen atoms in total. The van der Waals surface area contributed by atoms with Gasteiger partial charge in [-0.2, -0.15) is 36.9 Å². The number of nitriles is 2. The van der Waals surface area contributed by atoms with Gasteiger partial charge < -0.3 is 0 Å². The largest absolute Gasteiger partial charge is 0.435 e. The van der Waals surface area contributed by atoms with E-state index in [-0.39, 0.29) is 22.7 Å². The Balaban J connectivity index is 1.63. The molecule has 0 unspecified atom stereocenters. The molecule has 0 N–H and O–H groups in total. The predicted molar refractivity (Wildman–Crippen MR) is 195 cm³/mol. The van der Waals surface area contributed by atoms with E-state index in [1.54, 1.807) is 143 Å². The van der Waals surface area contributed by atoms with Crippen LogP contribution in [0.2, 0.25) is 0 Å². The Labute approximate surface area is 312 Å². The van der Waals surface area contributed by atoms with Gasteiger partial charge in [0, 0.05) is 22.7 Å². The highest BCUT2D eigenvalue weighted by atomic mass is 19.4. The van der Waals surface area contributed by atoms with Crippen LogP contribution < -0.4 is 9.80 Å². The molecule has 0 saturated heterocycles. The molecule has 8 rings (SSSR count). The van der Waals surface area contributed by atoms with Crippen LogP contribution in [-0.2, 0) is 12.4 Å². The fourth-order valence-corrected chi connectivity index (χ4v) is 6.23. The minimum absolute atomic E-state index is 0.0145. The normalized spacial score (nSPS) is 11.7. The lowest BCUT2D eigenvalue weighted by molar-refractivity contribution is -0.167. The third-order valence-corrected chi connectivity index (χ3v) is 8.55. The molecule has 0 bridgehead atoms. The van der Waals surface area contributed by atoms with Crippen LogP contribution in [0, 0.1) is 22.7 Å². The molecule has 0 atom stereocenters. The van der Waals surface area contributed by atoms with Gasteiger partial charge in [0.1, 0.15) is 45.2 Å². The topological polar surface area (TPSA) is 131 Å². The van der Waals surface area contributed by atoms with Gasteiger partial charge in [-0.25, -0.2) is 29.9 Å². The van der Waals surface area contributed by atoms with E-state index in [0.29, 0.717) is 22.7 Å². The molecule has 16 heteroatoms. The lowest BCUT2D eigenvalue weighted by Crippen LogP contribution is -2.22. The SMILES string of the molecule is N#Cc1nc2c(nc1C#N)c1nc(C(F)(F)F)c(C(F)(F)F)nc1c1nc(N(c3ccccc3)c3ccccc3)c(N(c3ccccc3)c3ccccc3)nc21. The van der Waals surface area contributed by atoms with Gasteiger partial charge in [0.25, 0.3) is 0 Å². The van der Waals surface area contributed by atoms with Gasteiger partial charge in [-0.1, -0.05) is 72.8 Å². The molecular formula is C40H20F6N10. The quantitative estimate of drug-likeness (QED) is 0.119. The summed E-state index contributed by atoms with van der Waals surface area (Å²) in [6, 6.07) is 39.0. The second-order valence-corrected chi connectivity index (χ2v) is 12.0. The highest BCUT2D eigenvalue weighted by Crippen LogP contribution is 2.47. The van der Waals surface area contributed by atoms with Crippen LogP contribution in [0.1, 0.15) is 22.8 Å². The van der Waals surface area contributed by atoms with E-state index in [9.17, 15) is 36.9 Å². The van der Waals surface area contributed by atoms with Crippen LogP contribution >= 0.6 is 0 Å². The summed E-state index contributed by atoms with van der Waals surface area (Å²) >= 11 is 0. The average Bonchev–Trinajstić information content (AvgIpc) is 3.21. The first-order valence-corrected chi connectivity index (χ1v) is 16.5. The van der Waals surface area contributed by atoms with Crippen LogP contribution in [0.5, 0.6) is 0 Å². The number of fused-ring (bicyclic) bond motifs is 6. The lowest BCUT2D eigenvalue weighted by atomic mass is 10.1. The Morgan fingerprint density at radius 1 is 0.375 bits per heavy atom. The Morgan fingerprint density at radius 2 is 0.625 bits per heavy atom. The molecule has 3 aromatic heterocycles. The van der Waals surface area contributed by atoms with E-state index >= 15 is 0 Å². The summed E-state index contributed by atoms with van der Waals surface area (Å²) in [5.41, 5.74) is -6.68. The molecule has 0 aliphatic heterocycles. The maximum absolute atomic E-state index is 14.5. The molecule has 56 heavy (non-hydrogen) atoms. The minimum atomic E-state index is -5.62. The van der Waals surface area contributed by atoms with Gasteiger partial charge in [0.2, 0.25) is 0 Å². The van der Waals surface area contributed by atoms with E-state index in [0.717, 1.165) is 0 Å². The number of benzene rings is 5. The monoisotopic (exact) mass is 754 g/mol. The number of hydrogen-bond acceptors (Lipinski definition) is 10. The lowest BCUT2D eigenvalue weighted by Gasteiger charge is -2.31. The van der Waals surface area contributed by atoms with Gasteiger partial charge in [0.15, 0.2) is 34.4 Å². The summed E-state index contributed by atoms with van der Waals surface area (Å²) in [5.74, 6) is 0.101. The zero-order chi connectivity index (χ0) is 39.2. The number of aromatic nitrogens is 6. The van der Waals surface area contributed by atoms with Crippen molar-refractivity contribution in [2.24, 2.45) is 0 Å². The summed E-state index contributed by atoms with van der Waals surface area (Å²) in [6.07, 6.45) is -11.2. The molecule has 0 radical (unpaired) electrons. The van der Waals surface area contributed by atoms with E-state index in [4.69, 9.17) is 9.97 Å². The fourth-order valence-electron chi connectivity index (χ4n) is 6.23. The molecule has 0 saturated carbocycles. The van der Waals surface area contributed by atoms with Crippen molar-refractivity contribution in [3.05, 3.63) is 144 Å². The van der Waals surface area contributed by atoms with Crippen LogP contribution in [0.25, 0.3) is 33.1 Å². The zero-order valence-corrected chi connectivity index (χ0v) is 28.3. The maximum atomic E-state index is 14.5. The number of alkyl halides is 6. The third-order valence-electron chi connectivity index (χ3n) is 8.55. The fraction of sp³-hybridized carbons (Fsp3) is 0.0500. The van der Waals surface area contributed by atoms with Crippen LogP contribution in [-0.4, -0.2) is 29.9 Å². The van der Waals surface area contributed by atoms with Crippen LogP contribution in [0.15, 0.2) is 121 Å². The Bertz CT molecular complexity index is 2780. The van der Waals surface area contributed by atoms with Crippen molar-refractivity contribution in [3.63, 3.8) is 0 Å². The van der Waals surface area contributed by atoms with Crippen molar-refractivity contribution >= 4 is 67.5 Å². The number of hydrogen-bond donors (Lipinski definition) is 0. The Morgan fingerprint density at radius 3 is 0.875 bits per heavy atom. The Hall–Kier alpha value is -7.72. The second kappa shape index (κ2) is 13.6. The van der Waals surface area contributed by atoms with Gasteiger partial charge in [-0.3, -0.25) is 9.80 Å². The van der Waals surface area contributed by atoms with E-state index < -0.39 is 57.2 Å². The first-order chi connectivity index (χ1) is 27.0. The van der Waals surface area contributed by atoms with E-state index in [1.165, 1.54) is 0 Å². The Kier molecular flexibility index (Phi) is 8.58. The van der Waals surface area contributed by atoms with Gasteiger partial charge >= 0.3 is 12.4 Å². The molecule has 8 aromatic rings. The van der Waals surface area contributed by atoms with E-state index in [1.807, 2.05) is 0 Å². The van der Waals surface area contributed by atoms with Crippen LogP contribution in [0.4, 0.5) is 60.7 Å². The molecule has 3 heterocycles. The summed E-state index contributed by atoms with van der Waals surface area (Å²) in [5, 5.41) is 19.7. The first-order valence-electron chi connectivity index (χ1n) is 16.5. The minimum Gasteiger partial charge on any atom is -0.292 e. The van der Waals surface area contributed by atoms with Crippen molar-refractivity contribution in [1.82, 2.24) is 29.9 Å². The molecule has 0 amide bonds. The molecule has 272 valence electrons. The highest BCUT2D eigenvalue weighted by molar-refractivity contribution is 6.19. The van der Waals surface area contributed by atoms with Crippen molar-refractivity contribution in [2.45, 2.75) is 12.4 Å². The summed E-state index contributed by atoms with van der Waals surface area (Å²) in [6.45, 7) is 0. The highest BCUT2D eigenvalue weighted by Gasteiger charge is 2.47. The average molecular weight is 755 g/mol. The van der Waals surface area contributed by atoms with Crippen molar-refractivity contribution in [3.8, 4) is 12.1 Å². The summed E-state index contributed by atoms with van der Waals surface area (Å²) in [4.78, 5) is 28.8. The number of para-hydroxylation sites is 4. The standard InChI is InChI=1S/C40H20F6N10/c41-39(42,43)35-36(40(44,45)46)52-32-31(51-35)29-30(50-28(22-48)27(21-47)49-29)33-34(32)54-38(56(25-17-9-3-10-18-25)26-19-11-4-12-20-26)37(53-33)55(23-13-5-1-6-14-23)24-15-7-2-8-16-24/h1-20H. The van der Waals surface area contributed by atoms with E-state index in [2.05, 4.69) is 19.9 Å². The molecule has 0 aliphatic carbocycles. The first kappa shape index (κ1) is 35.3. The van der Waals surface area contributed by atoms with Gasteiger partial charge in [-0.15, -0.1) is 0 Å². The molecule has 5 aromatic carbocycles. The van der Waals surface area contributed by atoms with Gasteiger partial charge in [-0.05, 0) is 48.5 Å². The number of halogens is 6. The van der Waals surface area contributed by atoms with Crippen LogP contribution in [0.3, 0.4) is 0 Å². The predicted octanol–water partition coefficient (Wildman–Crippen LogP) is 10.2. The summed E-state index contributed by atoms with van der Waals surface area (Å²) < 4.78 is 86.4. The number of anilines is 6. The van der Waals surface area contributed by atoms with Crippen molar-refractivity contribution < 1.29 is 26.3 Å². The molecule has 0 spiro atoms. The van der Waals surface area contributed by atoms with Crippen molar-refractivity contribution in [2.75, 3.05) is 9.80 Å². The van der Waals surface area contributed by atoms with Crippen molar-refractivity contribution in [1.29, 1.82) is 10.5 Å². The maximum Gasteiger partial charge on any atom is 0.435 e. The molecular weight excluding hydrogens is 734 g/mol.